The summed E-state index contributed by atoms with van der Waals surface area (Å²) in [7, 11) is 0. The number of carbonyl (C=O) groups excluding carboxylic acids is 2. The van der Waals surface area contributed by atoms with Gasteiger partial charge in [0.2, 0.25) is 11.8 Å². The molecule has 0 unspecified atom stereocenters. The highest BCUT2D eigenvalue weighted by atomic mass is 16.6. The van der Waals surface area contributed by atoms with E-state index in [0.717, 1.165) is 25.9 Å². The fourth-order valence-corrected chi connectivity index (χ4v) is 3.65. The van der Waals surface area contributed by atoms with Crippen LogP contribution in [0.15, 0.2) is 24.3 Å². The van der Waals surface area contributed by atoms with Gasteiger partial charge in [0.25, 0.3) is 5.69 Å². The molecule has 2 heterocycles. The first-order valence-electron chi connectivity index (χ1n) is 9.10. The number of benzene rings is 1. The molecule has 0 bridgehead atoms. The minimum Gasteiger partial charge on any atom is -0.366 e. The Kier molecular flexibility index (Phi) is 5.70. The quantitative estimate of drug-likeness (QED) is 0.635. The number of nitro groups is 1. The van der Waals surface area contributed by atoms with E-state index in [9.17, 15) is 19.7 Å². The van der Waals surface area contributed by atoms with Gasteiger partial charge >= 0.3 is 0 Å². The van der Waals surface area contributed by atoms with Crippen LogP contribution in [0.25, 0.3) is 0 Å². The van der Waals surface area contributed by atoms with Crippen LogP contribution in [0.4, 0.5) is 11.4 Å². The van der Waals surface area contributed by atoms with Crippen LogP contribution in [0.3, 0.4) is 0 Å². The van der Waals surface area contributed by atoms with E-state index in [0.29, 0.717) is 31.6 Å². The molecule has 1 aromatic carbocycles. The number of nitro benzene ring substituents is 1. The Morgan fingerprint density at radius 2 is 1.77 bits per heavy atom. The molecule has 8 nitrogen and oxygen atoms in total. The molecule has 0 aromatic heterocycles. The predicted molar refractivity (Wildman–Crippen MR) is 96.9 cm³/mol. The van der Waals surface area contributed by atoms with Crippen molar-refractivity contribution in [3.63, 3.8) is 0 Å². The van der Waals surface area contributed by atoms with Crippen molar-refractivity contribution in [2.45, 2.75) is 25.7 Å². The number of likely N-dealkylation sites (tertiary alicyclic amines) is 1. The third-order valence-electron chi connectivity index (χ3n) is 5.16. The summed E-state index contributed by atoms with van der Waals surface area (Å²) in [5, 5.41) is 13.9. The molecule has 1 N–H and O–H groups in total. The highest BCUT2D eigenvalue weighted by Crippen LogP contribution is 2.31. The van der Waals surface area contributed by atoms with E-state index in [-0.39, 0.29) is 34.9 Å². The summed E-state index contributed by atoms with van der Waals surface area (Å²) in [6.45, 7) is 2.79. The maximum Gasteiger partial charge on any atom is 0.292 e. The Bertz CT molecular complexity index is 680. The Balaban J connectivity index is 1.49. The number of hydrogen-bond acceptors (Lipinski definition) is 5. The molecule has 1 aromatic rings. The summed E-state index contributed by atoms with van der Waals surface area (Å²) in [6.07, 6.45) is 3.30. The van der Waals surface area contributed by atoms with Gasteiger partial charge < -0.3 is 15.1 Å². The number of anilines is 1. The smallest absolute Gasteiger partial charge is 0.292 e. The van der Waals surface area contributed by atoms with Crippen LogP contribution in [-0.2, 0) is 9.59 Å². The van der Waals surface area contributed by atoms with Crippen LogP contribution in [0.1, 0.15) is 25.7 Å². The Morgan fingerprint density at radius 3 is 2.42 bits per heavy atom. The van der Waals surface area contributed by atoms with Gasteiger partial charge in [-0.05, 0) is 31.7 Å². The molecule has 2 amide bonds. The van der Waals surface area contributed by atoms with Crippen LogP contribution < -0.4 is 10.2 Å². The van der Waals surface area contributed by atoms with Gasteiger partial charge in [-0.3, -0.25) is 19.7 Å². The maximum atomic E-state index is 12.3. The summed E-state index contributed by atoms with van der Waals surface area (Å²) >= 11 is 0. The highest BCUT2D eigenvalue weighted by molar-refractivity contribution is 5.86. The lowest BCUT2D eigenvalue weighted by molar-refractivity contribution is -0.384. The normalized spacial score (nSPS) is 18.0. The van der Waals surface area contributed by atoms with Crippen molar-refractivity contribution in [1.82, 2.24) is 10.2 Å². The average molecular weight is 360 g/mol. The van der Waals surface area contributed by atoms with Crippen molar-refractivity contribution in [2.24, 2.45) is 5.92 Å². The Labute approximate surface area is 152 Å². The monoisotopic (exact) mass is 360 g/mol. The van der Waals surface area contributed by atoms with Gasteiger partial charge in [-0.15, -0.1) is 0 Å². The van der Waals surface area contributed by atoms with Gasteiger partial charge in [-0.25, -0.2) is 0 Å². The second-order valence-electron chi connectivity index (χ2n) is 6.81. The lowest BCUT2D eigenvalue weighted by Gasteiger charge is -2.32. The molecule has 0 saturated carbocycles. The number of rotatable bonds is 5. The number of nitrogens with one attached hydrogen (secondary N) is 1. The molecule has 2 saturated heterocycles. The molecule has 2 fully saturated rings. The summed E-state index contributed by atoms with van der Waals surface area (Å²) in [6, 6.07) is 6.68. The topological polar surface area (TPSA) is 95.8 Å². The van der Waals surface area contributed by atoms with E-state index in [1.165, 1.54) is 6.07 Å². The van der Waals surface area contributed by atoms with Crippen LogP contribution in [-0.4, -0.2) is 54.4 Å². The molecular formula is C18H24N4O4. The van der Waals surface area contributed by atoms with Gasteiger partial charge in [0.1, 0.15) is 5.69 Å². The molecule has 0 spiro atoms. The molecule has 2 aliphatic rings. The zero-order valence-corrected chi connectivity index (χ0v) is 14.7. The van der Waals surface area contributed by atoms with Crippen molar-refractivity contribution in [3.05, 3.63) is 34.4 Å². The molecule has 0 aliphatic carbocycles. The van der Waals surface area contributed by atoms with Gasteiger partial charge in [-0.2, -0.15) is 0 Å². The SMILES string of the molecule is O=C(NCC(=O)N1CCCC1)C1CCN(c2ccccc2[N+](=O)[O-])CC1. The van der Waals surface area contributed by atoms with Crippen LogP contribution >= 0.6 is 0 Å². The van der Waals surface area contributed by atoms with Crippen LogP contribution in [0, 0.1) is 16.0 Å². The van der Waals surface area contributed by atoms with E-state index in [1.54, 1.807) is 23.1 Å². The molecule has 26 heavy (non-hydrogen) atoms. The number of amides is 2. The Morgan fingerprint density at radius 1 is 1.12 bits per heavy atom. The van der Waals surface area contributed by atoms with Crippen molar-refractivity contribution >= 4 is 23.2 Å². The lowest BCUT2D eigenvalue weighted by atomic mass is 9.95. The van der Waals surface area contributed by atoms with Crippen LogP contribution in [0.2, 0.25) is 0 Å². The van der Waals surface area contributed by atoms with Gasteiger partial charge in [-0.1, -0.05) is 12.1 Å². The average Bonchev–Trinajstić information content (AvgIpc) is 3.21. The van der Waals surface area contributed by atoms with E-state index >= 15 is 0 Å². The Hall–Kier alpha value is -2.64. The molecule has 0 atom stereocenters. The molecule has 3 rings (SSSR count). The zero-order valence-electron chi connectivity index (χ0n) is 14.7. The largest absolute Gasteiger partial charge is 0.366 e. The third kappa shape index (κ3) is 4.12. The zero-order chi connectivity index (χ0) is 18.5. The first kappa shape index (κ1) is 18.2. The van der Waals surface area contributed by atoms with E-state index in [1.807, 2.05) is 4.90 Å². The summed E-state index contributed by atoms with van der Waals surface area (Å²) in [5.74, 6) is -0.270. The number of nitrogens with zero attached hydrogens (tertiary/aromatic N) is 3. The lowest BCUT2D eigenvalue weighted by Crippen LogP contribution is -2.44. The molecule has 2 aliphatic heterocycles. The second kappa shape index (κ2) is 8.16. The number of para-hydroxylation sites is 2. The van der Waals surface area contributed by atoms with E-state index in [4.69, 9.17) is 0 Å². The fourth-order valence-electron chi connectivity index (χ4n) is 3.65. The molecule has 140 valence electrons. The van der Waals surface area contributed by atoms with Gasteiger partial charge in [0.15, 0.2) is 0 Å². The highest BCUT2D eigenvalue weighted by Gasteiger charge is 2.28. The fraction of sp³-hybridized carbons (Fsp3) is 0.556. The number of carbonyl (C=O) groups is 2. The van der Waals surface area contributed by atoms with Crippen LogP contribution in [0.5, 0.6) is 0 Å². The molecular weight excluding hydrogens is 336 g/mol. The minimum atomic E-state index is -0.377. The number of hydrogen-bond donors (Lipinski definition) is 1. The minimum absolute atomic E-state index is 0.0202. The molecule has 8 heteroatoms. The van der Waals surface area contributed by atoms with Crippen molar-refractivity contribution in [3.8, 4) is 0 Å². The summed E-state index contributed by atoms with van der Waals surface area (Å²) in [5.41, 5.74) is 0.687. The van der Waals surface area contributed by atoms with Gasteiger partial charge in [0, 0.05) is 38.2 Å². The third-order valence-corrected chi connectivity index (χ3v) is 5.16. The predicted octanol–water partition coefficient (Wildman–Crippen LogP) is 1.55. The first-order valence-corrected chi connectivity index (χ1v) is 9.10. The summed E-state index contributed by atoms with van der Waals surface area (Å²) < 4.78 is 0. The first-order chi connectivity index (χ1) is 12.6. The van der Waals surface area contributed by atoms with E-state index in [2.05, 4.69) is 5.32 Å². The maximum absolute atomic E-state index is 12.3. The standard InChI is InChI=1S/C18H24N4O4/c23-17(21-9-3-4-10-21)13-19-18(24)14-7-11-20(12-8-14)15-5-1-2-6-16(15)22(25)26/h1-2,5-6,14H,3-4,7-13H2,(H,19,24). The van der Waals surface area contributed by atoms with Crippen molar-refractivity contribution in [2.75, 3.05) is 37.6 Å². The van der Waals surface area contributed by atoms with Crippen molar-refractivity contribution in [1.29, 1.82) is 0 Å². The molecule has 0 radical (unpaired) electrons. The number of piperidine rings is 1. The second-order valence-corrected chi connectivity index (χ2v) is 6.81. The van der Waals surface area contributed by atoms with Crippen molar-refractivity contribution < 1.29 is 14.5 Å². The summed E-state index contributed by atoms with van der Waals surface area (Å²) in [4.78, 5) is 38.9. The van der Waals surface area contributed by atoms with Gasteiger partial charge in [0.05, 0.1) is 11.5 Å². The van der Waals surface area contributed by atoms with E-state index < -0.39 is 0 Å².